The van der Waals surface area contributed by atoms with Crippen molar-refractivity contribution in [1.82, 2.24) is 14.5 Å². The van der Waals surface area contributed by atoms with Gasteiger partial charge in [-0.25, -0.2) is 15.6 Å². The molecule has 2 aromatic rings. The van der Waals surface area contributed by atoms with Gasteiger partial charge < -0.3 is 0 Å². The van der Waals surface area contributed by atoms with Gasteiger partial charge in [-0.3, -0.25) is 9.99 Å². The van der Waals surface area contributed by atoms with E-state index in [9.17, 15) is 4.79 Å². The van der Waals surface area contributed by atoms with Crippen LogP contribution in [0.15, 0.2) is 29.3 Å². The molecule has 3 N–H and O–H groups in total. The lowest BCUT2D eigenvalue weighted by Crippen LogP contribution is -2.24. The second kappa shape index (κ2) is 4.70. The second-order valence-corrected chi connectivity index (χ2v) is 3.89. The van der Waals surface area contributed by atoms with Gasteiger partial charge in [0.1, 0.15) is 6.33 Å². The first-order valence-corrected chi connectivity index (χ1v) is 5.25. The molecule has 0 bridgehead atoms. The van der Waals surface area contributed by atoms with Crippen molar-refractivity contribution in [2.75, 3.05) is 5.43 Å². The summed E-state index contributed by atoms with van der Waals surface area (Å²) in [6, 6.07) is 4.76. The van der Waals surface area contributed by atoms with Gasteiger partial charge in [0.05, 0.1) is 15.7 Å². The van der Waals surface area contributed by atoms with E-state index < -0.39 is 5.69 Å². The van der Waals surface area contributed by atoms with Gasteiger partial charge in [0.25, 0.3) is 0 Å². The number of benzene rings is 1. The minimum Gasteiger partial charge on any atom is -0.292 e. The molecule has 0 aliphatic rings. The van der Waals surface area contributed by atoms with Gasteiger partial charge >= 0.3 is 5.69 Å². The Kier molecular flexibility index (Phi) is 3.28. The summed E-state index contributed by atoms with van der Waals surface area (Å²) in [5.74, 6) is 5.14. The van der Waals surface area contributed by atoms with Crippen LogP contribution >= 0.6 is 23.2 Å². The van der Waals surface area contributed by atoms with E-state index >= 15 is 0 Å². The molecule has 0 saturated carbocycles. The van der Waals surface area contributed by atoms with E-state index in [0.29, 0.717) is 15.7 Å². The highest BCUT2D eigenvalue weighted by Crippen LogP contribution is 2.23. The summed E-state index contributed by atoms with van der Waals surface area (Å²) in [6.45, 7) is 0. The first-order chi connectivity index (χ1) is 8.11. The molecule has 0 saturated heterocycles. The molecular formula is C9H7Cl2N5O. The maximum Gasteiger partial charge on any atom is 0.356 e. The topological polar surface area (TPSA) is 85.8 Å². The van der Waals surface area contributed by atoms with Crippen LogP contribution in [0, 0.1) is 0 Å². The number of hydrogen-bond acceptors (Lipinski definition) is 5. The molecule has 0 atom stereocenters. The first-order valence-electron chi connectivity index (χ1n) is 4.49. The van der Waals surface area contributed by atoms with Crippen molar-refractivity contribution >= 4 is 29.2 Å². The third-order valence-electron chi connectivity index (χ3n) is 2.01. The fourth-order valence-corrected chi connectivity index (χ4v) is 1.51. The second-order valence-electron chi connectivity index (χ2n) is 3.08. The molecule has 6 nitrogen and oxygen atoms in total. The molecule has 88 valence electrons. The van der Waals surface area contributed by atoms with Crippen LogP contribution in [0.1, 0.15) is 0 Å². The number of nitrogens with one attached hydrogen (secondary N) is 1. The highest BCUT2D eigenvalue weighted by molar-refractivity contribution is 6.42. The average Bonchev–Trinajstić information content (AvgIpc) is 2.32. The quantitative estimate of drug-likeness (QED) is 0.634. The normalized spacial score (nSPS) is 10.3. The van der Waals surface area contributed by atoms with Crippen molar-refractivity contribution in [3.8, 4) is 5.69 Å². The molecule has 8 heteroatoms. The van der Waals surface area contributed by atoms with E-state index in [2.05, 4.69) is 15.4 Å². The van der Waals surface area contributed by atoms with Gasteiger partial charge in [0.15, 0.2) is 0 Å². The van der Waals surface area contributed by atoms with Crippen LogP contribution in [0.2, 0.25) is 10.0 Å². The lowest BCUT2D eigenvalue weighted by Gasteiger charge is -2.06. The summed E-state index contributed by atoms with van der Waals surface area (Å²) in [5.41, 5.74) is 2.18. The van der Waals surface area contributed by atoms with Crippen molar-refractivity contribution in [2.24, 2.45) is 5.84 Å². The minimum atomic E-state index is -0.522. The number of nitrogens with two attached hydrogens (primary N) is 1. The molecule has 1 heterocycles. The van der Waals surface area contributed by atoms with Crippen LogP contribution in [0.5, 0.6) is 0 Å². The Labute approximate surface area is 106 Å². The van der Waals surface area contributed by atoms with Crippen LogP contribution in [0.25, 0.3) is 5.69 Å². The van der Waals surface area contributed by atoms with Crippen LogP contribution in [0.3, 0.4) is 0 Å². The predicted molar refractivity (Wildman–Crippen MR) is 65.5 cm³/mol. The lowest BCUT2D eigenvalue weighted by atomic mass is 10.3. The first kappa shape index (κ1) is 11.8. The Bertz CT molecular complexity index is 613. The van der Waals surface area contributed by atoms with Gasteiger partial charge in [-0.1, -0.05) is 23.2 Å². The number of aromatic nitrogens is 3. The van der Waals surface area contributed by atoms with Crippen LogP contribution in [-0.4, -0.2) is 14.5 Å². The largest absolute Gasteiger partial charge is 0.356 e. The Morgan fingerprint density at radius 3 is 2.65 bits per heavy atom. The zero-order chi connectivity index (χ0) is 12.4. The zero-order valence-corrected chi connectivity index (χ0v) is 9.90. The average molecular weight is 272 g/mol. The Morgan fingerprint density at radius 2 is 2.06 bits per heavy atom. The van der Waals surface area contributed by atoms with Gasteiger partial charge in [-0.05, 0) is 18.2 Å². The smallest absolute Gasteiger partial charge is 0.292 e. The van der Waals surface area contributed by atoms with E-state index in [1.54, 1.807) is 18.2 Å². The fraction of sp³-hybridized carbons (Fsp3) is 0. The van der Waals surface area contributed by atoms with E-state index in [1.165, 1.54) is 10.9 Å². The molecule has 0 aliphatic heterocycles. The molecule has 1 aromatic heterocycles. The van der Waals surface area contributed by atoms with E-state index in [-0.39, 0.29) is 5.95 Å². The Balaban J connectivity index is 2.53. The standard InChI is InChI=1S/C9H7Cl2N5O/c10-6-2-1-5(3-7(6)11)16-4-13-8(15-12)14-9(16)17/h1-4H,12H2,(H,14,15,17). The minimum absolute atomic E-state index is 0.0475. The van der Waals surface area contributed by atoms with Gasteiger partial charge in [0, 0.05) is 0 Å². The maximum absolute atomic E-state index is 11.6. The molecule has 0 spiro atoms. The molecular weight excluding hydrogens is 265 g/mol. The van der Waals surface area contributed by atoms with Gasteiger partial charge in [-0.15, -0.1) is 0 Å². The maximum atomic E-state index is 11.6. The molecule has 1 aromatic carbocycles. The highest BCUT2D eigenvalue weighted by atomic mass is 35.5. The third-order valence-corrected chi connectivity index (χ3v) is 2.75. The van der Waals surface area contributed by atoms with Crippen molar-refractivity contribution in [3.05, 3.63) is 45.1 Å². The van der Waals surface area contributed by atoms with Gasteiger partial charge in [-0.2, -0.15) is 4.98 Å². The Morgan fingerprint density at radius 1 is 1.29 bits per heavy atom. The number of halogens is 2. The summed E-state index contributed by atoms with van der Waals surface area (Å²) in [5, 5.41) is 0.752. The summed E-state index contributed by atoms with van der Waals surface area (Å²) >= 11 is 11.6. The fourth-order valence-electron chi connectivity index (χ4n) is 1.22. The lowest BCUT2D eigenvalue weighted by molar-refractivity contribution is 0.859. The molecule has 2 rings (SSSR count). The van der Waals surface area contributed by atoms with E-state index in [1.807, 2.05) is 0 Å². The summed E-state index contributed by atoms with van der Waals surface area (Å²) in [6.07, 6.45) is 1.30. The van der Waals surface area contributed by atoms with Crippen molar-refractivity contribution in [2.45, 2.75) is 0 Å². The monoisotopic (exact) mass is 271 g/mol. The number of hydrazine groups is 1. The number of nitrogens with zero attached hydrogens (tertiary/aromatic N) is 3. The van der Waals surface area contributed by atoms with Crippen LogP contribution < -0.4 is 17.0 Å². The third kappa shape index (κ3) is 2.38. The molecule has 0 aliphatic carbocycles. The SMILES string of the molecule is NNc1ncn(-c2ccc(Cl)c(Cl)c2)c(=O)n1. The molecule has 17 heavy (non-hydrogen) atoms. The van der Waals surface area contributed by atoms with E-state index in [0.717, 1.165) is 0 Å². The predicted octanol–water partition coefficient (Wildman–Crippen LogP) is 1.22. The molecule has 0 amide bonds. The summed E-state index contributed by atoms with van der Waals surface area (Å²) in [7, 11) is 0. The van der Waals surface area contributed by atoms with Crippen LogP contribution in [-0.2, 0) is 0 Å². The van der Waals surface area contributed by atoms with Crippen molar-refractivity contribution in [3.63, 3.8) is 0 Å². The number of hydrogen-bond donors (Lipinski definition) is 2. The zero-order valence-electron chi connectivity index (χ0n) is 8.39. The van der Waals surface area contributed by atoms with Gasteiger partial charge in [0.2, 0.25) is 5.95 Å². The molecule has 0 radical (unpaired) electrons. The summed E-state index contributed by atoms with van der Waals surface area (Å²) in [4.78, 5) is 19.1. The van der Waals surface area contributed by atoms with Crippen LogP contribution in [0.4, 0.5) is 5.95 Å². The number of rotatable bonds is 2. The number of anilines is 1. The van der Waals surface area contributed by atoms with Crippen molar-refractivity contribution in [1.29, 1.82) is 0 Å². The summed E-state index contributed by atoms with van der Waals surface area (Å²) < 4.78 is 1.23. The van der Waals surface area contributed by atoms with Crippen molar-refractivity contribution < 1.29 is 0 Å². The highest BCUT2D eigenvalue weighted by Gasteiger charge is 2.05. The van der Waals surface area contributed by atoms with E-state index in [4.69, 9.17) is 29.0 Å². The number of nitrogen functional groups attached to an aromatic ring is 1. The Hall–Kier alpha value is -1.63. The molecule has 0 unspecified atom stereocenters. The molecule has 0 fully saturated rings.